The maximum atomic E-state index is 12.5. The minimum atomic E-state index is -1.38. The Balaban J connectivity index is 0.000000329. The normalized spacial score (nSPS) is 19.3. The topological polar surface area (TPSA) is 254 Å². The third-order valence-corrected chi connectivity index (χ3v) is 9.12. The lowest BCUT2D eigenvalue weighted by Gasteiger charge is -2.51. The molecule has 0 saturated heterocycles. The first kappa shape index (κ1) is 37.4. The van der Waals surface area contributed by atoms with Crippen molar-refractivity contribution in [3.8, 4) is 5.88 Å². The van der Waals surface area contributed by atoms with Gasteiger partial charge in [0.25, 0.3) is 22.6 Å². The Hall–Kier alpha value is -5.09. The van der Waals surface area contributed by atoms with E-state index < -0.39 is 34.3 Å². The molecule has 16 nitrogen and oxygen atoms in total. The summed E-state index contributed by atoms with van der Waals surface area (Å²) in [6, 6.07) is 8.06. The van der Waals surface area contributed by atoms with Crippen LogP contribution in [0.4, 0.5) is 11.4 Å². The molecule has 0 atom stereocenters. The van der Waals surface area contributed by atoms with Crippen LogP contribution in [0.25, 0.3) is 5.65 Å². The minimum Gasteiger partial charge on any atom is -0.489 e. The zero-order chi connectivity index (χ0) is 33.2. The molecule has 0 radical (unpaired) electrons. The van der Waals surface area contributed by atoms with E-state index in [1.54, 1.807) is 24.3 Å². The molecule has 7 rings (SSSR count). The maximum Gasteiger partial charge on any atom is 0.354 e. The number of esters is 1. The average Bonchev–Trinajstić information content (AvgIpc) is 3.47. The average molecular weight is 687 g/mol. The van der Waals surface area contributed by atoms with Crippen LogP contribution in [-0.4, -0.2) is 61.5 Å². The van der Waals surface area contributed by atoms with Crippen molar-refractivity contribution in [2.75, 3.05) is 24.7 Å². The highest BCUT2D eigenvalue weighted by Crippen LogP contribution is 2.56. The number of hydrogen-bond donors (Lipinski definition) is 6. The number of carbonyl (C=O) groups is 3. The summed E-state index contributed by atoms with van der Waals surface area (Å²) in [5.41, 5.74) is 10.7. The van der Waals surface area contributed by atoms with Crippen molar-refractivity contribution < 1.29 is 29.3 Å². The van der Waals surface area contributed by atoms with Gasteiger partial charge in [-0.25, -0.2) is 9.78 Å². The molecule has 2 heterocycles. The van der Waals surface area contributed by atoms with Gasteiger partial charge in [-0.2, -0.15) is 4.52 Å². The highest BCUT2D eigenvalue weighted by Gasteiger charge is 2.52. The Kier molecular flexibility index (Phi) is 11.5. The predicted molar refractivity (Wildman–Crippen MR) is 178 cm³/mol. The molecule has 258 valence electrons. The van der Waals surface area contributed by atoms with Gasteiger partial charge in [-0.05, 0) is 61.6 Å². The zero-order valence-corrected chi connectivity index (χ0v) is 26.3. The Bertz CT molecular complexity index is 1880. The fourth-order valence-electron chi connectivity index (χ4n) is 6.12. The van der Waals surface area contributed by atoms with E-state index >= 15 is 0 Å². The Labute approximate surface area is 281 Å². The third kappa shape index (κ3) is 7.08. The minimum absolute atomic E-state index is 0. The molecule has 4 aromatic rings. The van der Waals surface area contributed by atoms with Crippen LogP contribution in [0.1, 0.15) is 78.1 Å². The number of carboxylic acid groups (broad SMARTS) is 1. The number of halogens is 1. The van der Waals surface area contributed by atoms with Crippen LogP contribution in [0.3, 0.4) is 0 Å². The van der Waals surface area contributed by atoms with Crippen LogP contribution < -0.4 is 33.0 Å². The van der Waals surface area contributed by atoms with Gasteiger partial charge in [-0.15, -0.1) is 12.4 Å². The summed E-state index contributed by atoms with van der Waals surface area (Å²) in [6.45, 7) is 1.11. The zero-order valence-electron chi connectivity index (χ0n) is 25.4. The van der Waals surface area contributed by atoms with Crippen molar-refractivity contribution in [1.29, 1.82) is 0 Å². The molecule has 3 aliphatic carbocycles. The van der Waals surface area contributed by atoms with Gasteiger partial charge in [-0.1, -0.05) is 42.0 Å². The quantitative estimate of drug-likeness (QED) is 0.108. The van der Waals surface area contributed by atoms with Crippen LogP contribution in [0.5, 0.6) is 5.88 Å². The van der Waals surface area contributed by atoms with Crippen molar-refractivity contribution in [3.05, 3.63) is 73.3 Å². The second kappa shape index (κ2) is 14.8. The number of aromatic hydroxyl groups is 1. The largest absolute Gasteiger partial charge is 0.489 e. The standard InChI is InChI=1S/C19H15N7O6.C11H19NO2.CH4.ClH/c20-12-13(15(28)14(12)27)21-6-8-2-1-3-9(4-8)7-22-17(29)10-5-11(19(31)32)26-16(23-10)18(30)24-25-26;1-14-9(13)11-5-2-10(8-12,3-6-11)4-7-11;;/h1-5,21,30H,6-7,20H2,(H,22,29)(H,31,32);2-8,12H2,1H3;1H4;1H. The number of nitrogens with two attached hydrogens (primary N) is 2. The fraction of sp³-hybridized carbons (Fsp3) is 0.419. The van der Waals surface area contributed by atoms with Crippen LogP contribution in [0.15, 0.2) is 39.9 Å². The lowest BCUT2D eigenvalue weighted by Crippen LogP contribution is -2.49. The molecular weight excluding hydrogens is 648 g/mol. The smallest absolute Gasteiger partial charge is 0.354 e. The number of nitrogens with one attached hydrogen (secondary N) is 2. The molecule has 1 amide bonds. The van der Waals surface area contributed by atoms with Crippen molar-refractivity contribution in [3.63, 3.8) is 0 Å². The van der Waals surface area contributed by atoms with E-state index in [1.165, 1.54) is 7.11 Å². The van der Waals surface area contributed by atoms with Gasteiger partial charge in [0.1, 0.15) is 17.1 Å². The molecule has 3 saturated carbocycles. The molecule has 2 aromatic carbocycles. The summed E-state index contributed by atoms with van der Waals surface area (Å²) >= 11 is 0. The molecule has 48 heavy (non-hydrogen) atoms. The number of aromatic nitrogens is 4. The maximum absolute atomic E-state index is 12.5. The Morgan fingerprint density at radius 2 is 1.65 bits per heavy atom. The number of benzene rings is 1. The third-order valence-electron chi connectivity index (χ3n) is 9.12. The van der Waals surface area contributed by atoms with E-state index in [0.29, 0.717) is 11.0 Å². The van der Waals surface area contributed by atoms with E-state index in [4.69, 9.17) is 16.2 Å². The van der Waals surface area contributed by atoms with Crippen molar-refractivity contribution in [1.82, 2.24) is 25.1 Å². The molecule has 8 N–H and O–H groups in total. The number of carboxylic acids is 1. The van der Waals surface area contributed by atoms with Crippen LogP contribution >= 0.6 is 12.4 Å². The first-order valence-corrected chi connectivity index (χ1v) is 14.6. The van der Waals surface area contributed by atoms with E-state index in [9.17, 15) is 34.2 Å². The van der Waals surface area contributed by atoms with Gasteiger partial charge >= 0.3 is 11.9 Å². The molecule has 3 aliphatic rings. The second-order valence-electron chi connectivity index (χ2n) is 11.8. The van der Waals surface area contributed by atoms with Gasteiger partial charge in [0, 0.05) is 19.2 Å². The summed E-state index contributed by atoms with van der Waals surface area (Å²) in [4.78, 5) is 62.2. The molecule has 0 aliphatic heterocycles. The lowest BCUT2D eigenvalue weighted by molar-refractivity contribution is -0.162. The highest BCUT2D eigenvalue weighted by molar-refractivity contribution is 5.96. The number of nitrogen functional groups attached to an aromatic ring is 1. The number of amides is 1. The van der Waals surface area contributed by atoms with Crippen molar-refractivity contribution in [2.24, 2.45) is 16.6 Å². The predicted octanol–water partition coefficient (Wildman–Crippen LogP) is 1.77. The van der Waals surface area contributed by atoms with E-state index in [1.807, 2.05) is 0 Å². The number of rotatable bonds is 9. The number of ether oxygens (including phenoxy) is 1. The number of nitrogens with zero attached hydrogens (tertiary/aromatic N) is 4. The van der Waals surface area contributed by atoms with Gasteiger partial charge in [0.15, 0.2) is 5.69 Å². The SMILES string of the molecule is C.COC(=O)C12CCC(CN)(CC1)CC2.Cl.Nc1c(NCc2cccc(CNC(=O)c3cc(C(=O)O)n4nnc(O)c4n3)c2)c(=O)c1=O. The highest BCUT2D eigenvalue weighted by atomic mass is 35.5. The van der Waals surface area contributed by atoms with E-state index in [0.717, 1.165) is 61.2 Å². The molecule has 2 aromatic heterocycles. The number of hydrogen-bond acceptors (Lipinski definition) is 13. The number of anilines is 2. The van der Waals surface area contributed by atoms with Gasteiger partial charge < -0.3 is 37.1 Å². The number of fused-ring (bicyclic) bond motifs is 4. The molecule has 17 heteroatoms. The first-order valence-electron chi connectivity index (χ1n) is 14.6. The molecule has 0 unspecified atom stereocenters. The van der Waals surface area contributed by atoms with Crippen molar-refractivity contribution in [2.45, 2.75) is 59.0 Å². The van der Waals surface area contributed by atoms with Gasteiger partial charge in [0.2, 0.25) is 5.65 Å². The summed E-state index contributed by atoms with van der Waals surface area (Å²) in [5, 5.41) is 31.3. The monoisotopic (exact) mass is 686 g/mol. The van der Waals surface area contributed by atoms with Crippen LogP contribution in [-0.2, 0) is 22.6 Å². The van der Waals surface area contributed by atoms with Gasteiger partial charge in [-0.3, -0.25) is 19.2 Å². The van der Waals surface area contributed by atoms with E-state index in [-0.39, 0.29) is 67.0 Å². The van der Waals surface area contributed by atoms with Crippen LogP contribution in [0, 0.1) is 10.8 Å². The lowest BCUT2D eigenvalue weighted by atomic mass is 9.54. The number of methoxy groups -OCH3 is 1. The summed E-state index contributed by atoms with van der Waals surface area (Å²) in [6.07, 6.45) is 6.28. The summed E-state index contributed by atoms with van der Waals surface area (Å²) in [5.74, 6) is -2.65. The first-order chi connectivity index (χ1) is 21.9. The number of carbonyl (C=O) groups excluding carboxylic acids is 2. The summed E-state index contributed by atoms with van der Waals surface area (Å²) < 4.78 is 5.72. The van der Waals surface area contributed by atoms with Gasteiger partial charge in [0.05, 0.1) is 12.5 Å². The molecular formula is C31H39ClN8O8. The van der Waals surface area contributed by atoms with Crippen LogP contribution in [0.2, 0.25) is 0 Å². The Morgan fingerprint density at radius 1 is 1.02 bits per heavy atom. The molecule has 3 fully saturated rings. The van der Waals surface area contributed by atoms with E-state index in [2.05, 4.69) is 25.9 Å². The Morgan fingerprint density at radius 3 is 2.21 bits per heavy atom. The second-order valence-corrected chi connectivity index (χ2v) is 11.8. The molecule has 2 bridgehead atoms. The number of aromatic carboxylic acids is 1. The summed E-state index contributed by atoms with van der Waals surface area (Å²) in [7, 11) is 1.50. The van der Waals surface area contributed by atoms with Crippen molar-refractivity contribution >= 4 is 47.3 Å². The fourth-order valence-corrected chi connectivity index (χ4v) is 6.12. The molecule has 0 spiro atoms.